The Hall–Kier alpha value is -1.03. The fourth-order valence-electron chi connectivity index (χ4n) is 2.63. The van der Waals surface area contributed by atoms with E-state index < -0.39 is 30.4 Å². The van der Waals surface area contributed by atoms with Gasteiger partial charge in [-0.15, -0.1) is 0 Å². The third kappa shape index (κ3) is 4.33. The molecular formula is C15H27N3O5S. The monoisotopic (exact) mass is 361 g/mol. The minimum atomic E-state index is -1.13. The van der Waals surface area contributed by atoms with Crippen LogP contribution >= 0.6 is 11.8 Å². The fraction of sp³-hybridized carbons (Fsp3) is 0.867. The van der Waals surface area contributed by atoms with Crippen LogP contribution in [0.5, 0.6) is 0 Å². The summed E-state index contributed by atoms with van der Waals surface area (Å²) in [6, 6.07) is -0.421. The van der Waals surface area contributed by atoms with E-state index in [0.29, 0.717) is 24.8 Å². The maximum atomic E-state index is 11.9. The van der Waals surface area contributed by atoms with Crippen LogP contribution in [0.2, 0.25) is 0 Å². The first-order valence-electron chi connectivity index (χ1n) is 8.42. The van der Waals surface area contributed by atoms with Crippen molar-refractivity contribution in [3.05, 3.63) is 0 Å². The first kappa shape index (κ1) is 19.3. The number of aliphatic imine (C=N–C) groups is 1. The molecule has 2 aliphatic heterocycles. The van der Waals surface area contributed by atoms with E-state index >= 15 is 0 Å². The van der Waals surface area contributed by atoms with Crippen LogP contribution in [0, 0.1) is 0 Å². The minimum absolute atomic E-state index is 0.0984. The number of rotatable bonds is 6. The predicted octanol–water partition coefficient (Wildman–Crippen LogP) is 0.382. The zero-order valence-electron chi connectivity index (χ0n) is 14.3. The molecule has 2 heterocycles. The number of thioether (sulfide) groups is 1. The molecule has 0 saturated carbocycles. The first-order valence-corrected chi connectivity index (χ1v) is 9.30. The molecule has 0 aliphatic carbocycles. The van der Waals surface area contributed by atoms with Gasteiger partial charge in [-0.1, -0.05) is 18.7 Å². The van der Waals surface area contributed by atoms with Crippen molar-refractivity contribution in [3.8, 4) is 0 Å². The topological polar surface area (TPSA) is 104 Å². The van der Waals surface area contributed by atoms with Crippen LogP contribution in [-0.4, -0.2) is 82.4 Å². The summed E-state index contributed by atoms with van der Waals surface area (Å²) in [5.41, 5.74) is -0.365. The summed E-state index contributed by atoms with van der Waals surface area (Å²) in [5, 5.41) is 24.4. The molecule has 0 bridgehead atoms. The van der Waals surface area contributed by atoms with Crippen molar-refractivity contribution in [2.24, 2.45) is 4.99 Å². The van der Waals surface area contributed by atoms with E-state index in [-0.39, 0.29) is 12.0 Å². The first-order chi connectivity index (χ1) is 11.5. The molecule has 1 amide bonds. The molecule has 5 atom stereocenters. The van der Waals surface area contributed by atoms with Crippen molar-refractivity contribution in [2.45, 2.75) is 57.0 Å². The molecule has 138 valence electrons. The van der Waals surface area contributed by atoms with Crippen molar-refractivity contribution >= 4 is 23.0 Å². The zero-order chi connectivity index (χ0) is 17.7. The number of ether oxygens (including phenoxy) is 2. The Morgan fingerprint density at radius 3 is 2.67 bits per heavy atom. The highest BCUT2D eigenvalue weighted by Crippen LogP contribution is 2.34. The second kappa shape index (κ2) is 8.89. The number of nitrogens with zero attached hydrogens (tertiary/aromatic N) is 2. The lowest BCUT2D eigenvalue weighted by Crippen LogP contribution is -2.60. The van der Waals surface area contributed by atoms with Crippen LogP contribution in [0.4, 0.5) is 4.79 Å². The average Bonchev–Trinajstić information content (AvgIpc) is 2.99. The lowest BCUT2D eigenvalue weighted by molar-refractivity contribution is -0.168. The van der Waals surface area contributed by atoms with Crippen molar-refractivity contribution in [1.29, 1.82) is 0 Å². The molecule has 9 heteroatoms. The number of nitrogens with one attached hydrogen (secondary N) is 1. The van der Waals surface area contributed by atoms with Gasteiger partial charge in [0.25, 0.3) is 0 Å². The summed E-state index contributed by atoms with van der Waals surface area (Å²) in [7, 11) is 0. The minimum Gasteiger partial charge on any atom is -0.447 e. The van der Waals surface area contributed by atoms with Gasteiger partial charge in [0.1, 0.15) is 30.4 Å². The van der Waals surface area contributed by atoms with E-state index in [9.17, 15) is 15.0 Å². The van der Waals surface area contributed by atoms with Gasteiger partial charge in [-0.25, -0.2) is 4.79 Å². The summed E-state index contributed by atoms with van der Waals surface area (Å²) in [4.78, 5) is 17.8. The quantitative estimate of drug-likeness (QED) is 0.628. The fourth-order valence-corrected chi connectivity index (χ4v) is 3.80. The van der Waals surface area contributed by atoms with Crippen molar-refractivity contribution in [2.75, 3.05) is 26.2 Å². The van der Waals surface area contributed by atoms with Gasteiger partial charge in [-0.2, -0.15) is 0 Å². The molecule has 0 aromatic carbocycles. The Bertz CT molecular complexity index is 460. The number of hydrogen-bond acceptors (Lipinski definition) is 7. The van der Waals surface area contributed by atoms with Crippen LogP contribution in [0.1, 0.15) is 27.2 Å². The highest BCUT2D eigenvalue weighted by Gasteiger charge is 2.49. The number of aliphatic hydroxyl groups is 2. The van der Waals surface area contributed by atoms with Crippen LogP contribution in [0.15, 0.2) is 4.99 Å². The molecule has 3 N–H and O–H groups in total. The van der Waals surface area contributed by atoms with Gasteiger partial charge in [0, 0.05) is 19.6 Å². The molecule has 2 rings (SSSR count). The van der Waals surface area contributed by atoms with Crippen molar-refractivity contribution in [1.82, 2.24) is 10.2 Å². The summed E-state index contributed by atoms with van der Waals surface area (Å²) >= 11 is 1.39. The Kier molecular flexibility index (Phi) is 7.15. The highest BCUT2D eigenvalue weighted by atomic mass is 32.2. The van der Waals surface area contributed by atoms with E-state index in [0.717, 1.165) is 6.42 Å². The normalized spacial score (nSPS) is 33.9. The van der Waals surface area contributed by atoms with Crippen molar-refractivity contribution < 1.29 is 24.5 Å². The Labute approximate surface area is 146 Å². The average molecular weight is 361 g/mol. The predicted molar refractivity (Wildman–Crippen MR) is 92.1 cm³/mol. The maximum Gasteiger partial charge on any atom is 0.409 e. The molecule has 8 nitrogen and oxygen atoms in total. The Morgan fingerprint density at radius 1 is 1.33 bits per heavy atom. The second-order valence-corrected chi connectivity index (χ2v) is 6.84. The number of amidine groups is 1. The summed E-state index contributed by atoms with van der Waals surface area (Å²) in [6.07, 6.45) is -2.43. The molecule has 2 saturated heterocycles. The van der Waals surface area contributed by atoms with Crippen molar-refractivity contribution in [3.63, 3.8) is 0 Å². The number of hydrogen-bond donors (Lipinski definition) is 3. The van der Waals surface area contributed by atoms with Crippen LogP contribution in [0.3, 0.4) is 0 Å². The molecule has 0 aromatic rings. The smallest absolute Gasteiger partial charge is 0.409 e. The highest BCUT2D eigenvalue weighted by molar-refractivity contribution is 8.14. The molecule has 2 fully saturated rings. The number of carbonyl (C=O) groups excluding carboxylic acids is 1. The molecular weight excluding hydrogens is 334 g/mol. The second-order valence-electron chi connectivity index (χ2n) is 5.75. The summed E-state index contributed by atoms with van der Waals surface area (Å²) in [6.45, 7) is 7.46. The molecule has 0 aromatic heterocycles. The standard InChI is InChI=1S/C15H27N3O5S/c1-4-7-16-14-17-10-12(20)11(19)9(23-13(10)24-14)8-22-15(21)18(5-2)6-3/h9-13,19-20H,4-8H2,1-3H3,(H,16,17)/t9-,10-,11+,12-,13-/m1/s1. The largest absolute Gasteiger partial charge is 0.447 e. The van der Waals surface area contributed by atoms with Crippen LogP contribution < -0.4 is 5.32 Å². The number of carbonyl (C=O) groups is 1. The number of amides is 1. The maximum absolute atomic E-state index is 11.9. The molecule has 2 aliphatic rings. The lowest BCUT2D eigenvalue weighted by Gasteiger charge is -2.38. The van der Waals surface area contributed by atoms with E-state index in [1.54, 1.807) is 0 Å². The van der Waals surface area contributed by atoms with Gasteiger partial charge < -0.3 is 29.9 Å². The number of fused-ring (bicyclic) bond motifs is 1. The van der Waals surface area contributed by atoms with Gasteiger partial charge >= 0.3 is 6.09 Å². The third-order valence-corrected chi connectivity index (χ3v) is 5.20. The molecule has 0 unspecified atom stereocenters. The summed E-state index contributed by atoms with van der Waals surface area (Å²) in [5.74, 6) is 0. The Morgan fingerprint density at radius 2 is 2.04 bits per heavy atom. The van der Waals surface area contributed by atoms with Gasteiger partial charge in [0.2, 0.25) is 0 Å². The van der Waals surface area contributed by atoms with E-state index in [1.165, 1.54) is 16.7 Å². The van der Waals surface area contributed by atoms with E-state index in [1.807, 2.05) is 20.8 Å². The Balaban J connectivity index is 1.93. The van der Waals surface area contributed by atoms with Gasteiger partial charge in [-0.05, 0) is 20.3 Å². The molecule has 24 heavy (non-hydrogen) atoms. The summed E-state index contributed by atoms with van der Waals surface area (Å²) < 4.78 is 11.0. The van der Waals surface area contributed by atoms with Gasteiger partial charge in [0.15, 0.2) is 5.17 Å². The lowest BCUT2D eigenvalue weighted by atomic mass is 9.98. The van der Waals surface area contributed by atoms with Gasteiger partial charge in [0.05, 0.1) is 6.04 Å². The number of aliphatic hydroxyl groups excluding tert-OH is 2. The van der Waals surface area contributed by atoms with E-state index in [2.05, 4.69) is 10.3 Å². The van der Waals surface area contributed by atoms with Gasteiger partial charge in [-0.3, -0.25) is 4.99 Å². The molecule has 0 spiro atoms. The third-order valence-electron chi connectivity index (χ3n) is 4.09. The molecule has 0 radical (unpaired) electrons. The van der Waals surface area contributed by atoms with Crippen LogP contribution in [-0.2, 0) is 9.47 Å². The van der Waals surface area contributed by atoms with E-state index in [4.69, 9.17) is 9.47 Å². The zero-order valence-corrected chi connectivity index (χ0v) is 15.2. The van der Waals surface area contributed by atoms with Crippen LogP contribution in [0.25, 0.3) is 0 Å². The SMILES string of the molecule is CCCN=C1N[C@@H]2[C@@H](O)[C@@H](O)[C@@H](COC(=O)N(CC)CC)O[C@@H]2S1.